The van der Waals surface area contributed by atoms with Crippen LogP contribution >= 0.6 is 0 Å². The number of Topliss-reactive ketones (excluding diaryl/α,β-unsaturated/α-hetero) is 2. The van der Waals surface area contributed by atoms with Crippen molar-refractivity contribution in [1.82, 2.24) is 5.32 Å². The Morgan fingerprint density at radius 3 is 2.65 bits per heavy atom. The predicted octanol–water partition coefficient (Wildman–Crippen LogP) is 0.670. The van der Waals surface area contributed by atoms with Crippen LogP contribution in [0.3, 0.4) is 0 Å². The number of hydrogen-bond acceptors (Lipinski definition) is 8. The monoisotopic (exact) mass is 839 g/mol. The van der Waals surface area contributed by atoms with Crippen LogP contribution in [0.4, 0.5) is 0 Å². The minimum atomic E-state index is -1.97. The number of nitrogens with two attached hydrogens (primary N) is 5. The Morgan fingerprint density at radius 2 is 1.90 bits per heavy atom. The van der Waals surface area contributed by atoms with Crippen LogP contribution in [-0.2, 0) is 23.9 Å². The van der Waals surface area contributed by atoms with Crippen LogP contribution in [0.5, 0.6) is 0 Å². The van der Waals surface area contributed by atoms with Gasteiger partial charge in [0, 0.05) is 42.9 Å². The second-order valence-corrected chi connectivity index (χ2v) is 21.1. The summed E-state index contributed by atoms with van der Waals surface area (Å²) in [5, 5.41) is 23.7. The second-order valence-electron chi connectivity index (χ2n) is 21.1. The van der Waals surface area contributed by atoms with E-state index in [9.17, 15) is 9.90 Å². The average Bonchev–Trinajstić information content (AvgIpc) is 3.94. The molecule has 7 unspecified atom stereocenters. The van der Waals surface area contributed by atoms with Crippen LogP contribution < -0.4 is 32.3 Å². The van der Waals surface area contributed by atoms with Crippen LogP contribution in [0.1, 0.15) is 124 Å². The summed E-state index contributed by atoms with van der Waals surface area (Å²) in [6.45, 7) is 12.7. The number of ether oxygens (including phenoxy) is 2. The van der Waals surface area contributed by atoms with Crippen molar-refractivity contribution >= 4 is 17.5 Å². The highest BCUT2D eigenvalue weighted by Crippen LogP contribution is 2.64. The molecule has 0 aromatic rings. The number of hydrogen-bond donors (Lipinski definition) is 7. The van der Waals surface area contributed by atoms with Gasteiger partial charge in [0.1, 0.15) is 31.6 Å². The Morgan fingerprint density at radius 1 is 1.07 bits per heavy atom. The number of carbonyl (C=O) groups excluding carboxylic acids is 3. The van der Waals surface area contributed by atoms with Crippen LogP contribution in [-0.4, -0.2) is 98.8 Å². The van der Waals surface area contributed by atoms with Crippen molar-refractivity contribution in [2.24, 2.45) is 52.6 Å². The fraction of sp³-hybridized carbons (Fsp3) is 0.812. The number of quaternary nitrogens is 4. The minimum absolute atomic E-state index is 0.0162. The zero-order valence-corrected chi connectivity index (χ0v) is 37.7. The van der Waals surface area contributed by atoms with Crippen LogP contribution in [0.2, 0.25) is 0 Å². The van der Waals surface area contributed by atoms with Crippen molar-refractivity contribution in [1.29, 1.82) is 0 Å². The Kier molecular flexibility index (Phi) is 15.0. The smallest absolute Gasteiger partial charge is 0.350 e. The molecule has 7 rings (SSSR count). The molecular formula is C48H82N6O6+4. The zero-order valence-electron chi connectivity index (χ0n) is 37.7. The number of nitrogens with one attached hydrogen (secondary N) is 1. The number of epoxide rings is 1. The fourth-order valence-corrected chi connectivity index (χ4v) is 13.0. The summed E-state index contributed by atoms with van der Waals surface area (Å²) in [4.78, 5) is 45.5. The quantitative estimate of drug-likeness (QED) is 0.0344. The summed E-state index contributed by atoms with van der Waals surface area (Å²) in [7, 11) is 2.07. The third kappa shape index (κ3) is 9.61. The molecule has 12 heteroatoms. The normalized spacial score (nSPS) is 38.3. The third-order valence-electron chi connectivity index (χ3n) is 16.2. The molecule has 60 heavy (non-hydrogen) atoms. The number of ketones is 2. The first-order chi connectivity index (χ1) is 28.8. The molecule has 0 radical (unpaired) electrons. The number of fused-ring (bicyclic) bond motifs is 3. The first-order valence-electron chi connectivity index (χ1n) is 24.2. The molecule has 0 amide bonds. The van der Waals surface area contributed by atoms with Gasteiger partial charge in [-0.05, 0) is 125 Å². The number of likely N-dealkylation sites (N-methyl/N-ethyl adjacent to an activating group) is 1. The molecule has 12 N–H and O–H groups in total. The van der Waals surface area contributed by atoms with E-state index in [0.717, 1.165) is 115 Å². The van der Waals surface area contributed by atoms with Gasteiger partial charge in [-0.3, -0.25) is 15.3 Å². The number of aliphatic hydroxyl groups is 1. The average molecular weight is 839 g/mol. The molecule has 12 nitrogen and oxygen atoms in total. The van der Waals surface area contributed by atoms with Crippen LogP contribution in [0.15, 0.2) is 34.9 Å². The van der Waals surface area contributed by atoms with Gasteiger partial charge in [0.15, 0.2) is 17.2 Å². The third-order valence-corrected chi connectivity index (χ3v) is 16.2. The summed E-state index contributed by atoms with van der Waals surface area (Å²) in [6.07, 6.45) is 20.9. The minimum Gasteiger partial charge on any atom is -0.463 e. The lowest BCUT2D eigenvalue weighted by Crippen LogP contribution is -2.97. The molecule has 0 aromatic carbocycles. The van der Waals surface area contributed by atoms with Gasteiger partial charge < -0.3 is 35.8 Å². The number of carbonyl (C=O) groups is 3. The number of aliphatic hydroxyl groups excluding tert-OH is 1. The van der Waals surface area contributed by atoms with Gasteiger partial charge in [0.05, 0.1) is 33.3 Å². The number of piperidine rings is 2. The zero-order chi connectivity index (χ0) is 42.7. The molecule has 3 aliphatic heterocycles. The van der Waals surface area contributed by atoms with Crippen molar-refractivity contribution in [2.45, 2.75) is 154 Å². The molecule has 12 atom stereocenters. The highest BCUT2D eigenvalue weighted by molar-refractivity contribution is 6.23. The van der Waals surface area contributed by atoms with Crippen molar-refractivity contribution in [3.05, 3.63) is 34.9 Å². The molecule has 3 saturated heterocycles. The molecule has 0 bridgehead atoms. The molecule has 2 saturated carbocycles. The largest absolute Gasteiger partial charge is 0.463 e. The van der Waals surface area contributed by atoms with Crippen molar-refractivity contribution in [2.75, 3.05) is 46.6 Å². The maximum Gasteiger partial charge on any atom is 0.350 e. The predicted molar refractivity (Wildman–Crippen MR) is 229 cm³/mol. The summed E-state index contributed by atoms with van der Waals surface area (Å²) in [5.74, 6) is -0.493. The van der Waals surface area contributed by atoms with Gasteiger partial charge in [0.25, 0.3) is 5.60 Å². The van der Waals surface area contributed by atoms with E-state index in [1.54, 1.807) is 0 Å². The van der Waals surface area contributed by atoms with Crippen molar-refractivity contribution < 1.29 is 50.2 Å². The van der Waals surface area contributed by atoms with Crippen LogP contribution in [0.25, 0.3) is 0 Å². The summed E-state index contributed by atoms with van der Waals surface area (Å²) < 4.78 is 12.9. The Bertz CT molecular complexity index is 1640. The van der Waals surface area contributed by atoms with Gasteiger partial charge in [-0.2, -0.15) is 0 Å². The van der Waals surface area contributed by atoms with Crippen molar-refractivity contribution in [3.8, 4) is 0 Å². The molecule has 3 heterocycles. The summed E-state index contributed by atoms with van der Waals surface area (Å²) >= 11 is 0. The lowest BCUT2D eigenvalue weighted by molar-refractivity contribution is -0.716. The number of allylic oxidation sites excluding steroid dienone is 4. The standard InChI is InChI=1S/C48H78N6O6/c1-6-51-39-22-34-11-8-7-10-33(34)21-36(39)28-59-45(58)48-44(57)42-35(24-46(3,4)23-32-16-17-40(49)53-26-32)12-9-13-38(42)43(56)47(48,60-48)25-37(27-55)30(2)14-15-31-18-19-52-41(20-31)54-29-50-5/h8,11,22,31-33,35-36,38-42,50-55H,6-7,9-10,12-21,23-29,49H2,1-5H3/p+4/t31?,32?,33-,35?,36-,38?,39-,40?,41?,42?,47-,48-/m0/s1. The maximum atomic E-state index is 15.4. The Hall–Kier alpha value is -2.29. The molecule has 336 valence electrons. The van der Waals surface area contributed by atoms with E-state index in [-0.39, 0.29) is 60.7 Å². The van der Waals surface area contributed by atoms with E-state index in [1.807, 2.05) is 6.92 Å². The van der Waals surface area contributed by atoms with E-state index in [2.05, 4.69) is 72.6 Å². The first kappa shape index (κ1) is 45.7. The van der Waals surface area contributed by atoms with E-state index >= 15 is 9.59 Å². The van der Waals surface area contributed by atoms with E-state index < -0.39 is 29.0 Å². The summed E-state index contributed by atoms with van der Waals surface area (Å²) in [5.41, 5.74) is 5.68. The molecular weight excluding hydrogens is 757 g/mol. The first-order valence-corrected chi connectivity index (χ1v) is 24.2. The van der Waals surface area contributed by atoms with E-state index in [0.29, 0.717) is 35.9 Å². The van der Waals surface area contributed by atoms with Gasteiger partial charge in [-0.1, -0.05) is 38.0 Å². The second kappa shape index (κ2) is 19.6. The van der Waals surface area contributed by atoms with Crippen LogP contribution in [0, 0.1) is 46.8 Å². The van der Waals surface area contributed by atoms with Gasteiger partial charge in [0.2, 0.25) is 0 Å². The lowest BCUT2D eigenvalue weighted by atomic mass is 9.55. The van der Waals surface area contributed by atoms with Gasteiger partial charge in [-0.25, -0.2) is 10.1 Å². The maximum absolute atomic E-state index is 15.4. The Balaban J connectivity index is 1.13. The Labute approximate surface area is 359 Å². The van der Waals surface area contributed by atoms with Crippen molar-refractivity contribution in [3.63, 3.8) is 0 Å². The van der Waals surface area contributed by atoms with E-state index in [4.69, 9.17) is 15.2 Å². The van der Waals surface area contributed by atoms with E-state index in [1.165, 1.54) is 5.57 Å². The van der Waals surface area contributed by atoms with Gasteiger partial charge in [-0.15, -0.1) is 0 Å². The number of rotatable bonds is 18. The molecule has 4 aliphatic carbocycles. The highest BCUT2D eigenvalue weighted by Gasteiger charge is 2.87. The highest BCUT2D eigenvalue weighted by atomic mass is 16.7. The molecule has 0 aromatic heterocycles. The van der Waals surface area contributed by atoms with Gasteiger partial charge >= 0.3 is 5.97 Å². The molecule has 5 fully saturated rings. The lowest BCUT2D eigenvalue weighted by Gasteiger charge is -2.44. The number of esters is 1. The topological polar surface area (TPSA) is 198 Å². The summed E-state index contributed by atoms with van der Waals surface area (Å²) in [6, 6.07) is 0.166. The fourth-order valence-electron chi connectivity index (χ4n) is 13.0. The molecule has 0 spiro atoms. The molecule has 7 aliphatic rings. The SMILES string of the molecule is CC[NH2+][C@H]1C=C2C=CCC[C@H]2C[C@H]1COC(=O)[C@]12O[C@@]1(CC(CO)=C(C)CCC1CC[NH2+]C(NC[NH2+]C)C1)C(=O)C1CCCC(CC(C)(C)CC3CCC(N)[NH2+]C3)C1C2=O.